The zero-order chi connectivity index (χ0) is 19.3. The van der Waals surface area contributed by atoms with Crippen molar-refractivity contribution in [2.75, 3.05) is 13.7 Å². The molecule has 134 valence electrons. The lowest BCUT2D eigenvalue weighted by Crippen LogP contribution is -2.41. The van der Waals surface area contributed by atoms with Gasteiger partial charge in [-0.15, -0.1) is 0 Å². The second kappa shape index (κ2) is 7.79. The first-order chi connectivity index (χ1) is 12.4. The van der Waals surface area contributed by atoms with E-state index in [0.29, 0.717) is 11.1 Å². The van der Waals surface area contributed by atoms with Crippen LogP contribution in [-0.4, -0.2) is 30.5 Å². The first-order valence-corrected chi connectivity index (χ1v) is 7.86. The standard InChI is InChI=1S/C20H19F2N3O/c1-4-8-15(5-2)20(18(26)25(3)19(23)24-20)16-10-11-17(22)14(13-16)9-6-7-12-21/h4-5,8,10-11,13H,1-2,7,12H2,3H3,(H2,23,24)/b15-8+. The molecule has 1 amide bonds. The summed E-state index contributed by atoms with van der Waals surface area (Å²) in [5, 5.41) is 0. The largest absolute Gasteiger partial charge is 0.369 e. The Morgan fingerprint density at radius 1 is 1.46 bits per heavy atom. The number of guanidine groups is 1. The molecular weight excluding hydrogens is 336 g/mol. The Labute approximate surface area is 151 Å². The number of halogens is 2. The zero-order valence-corrected chi connectivity index (χ0v) is 14.4. The number of benzene rings is 1. The normalized spacial score (nSPS) is 19.7. The lowest BCUT2D eigenvalue weighted by Gasteiger charge is -2.27. The summed E-state index contributed by atoms with van der Waals surface area (Å²) < 4.78 is 26.3. The molecule has 0 fully saturated rings. The van der Waals surface area contributed by atoms with Crippen molar-refractivity contribution >= 4 is 11.9 Å². The average molecular weight is 355 g/mol. The molecule has 0 spiro atoms. The van der Waals surface area contributed by atoms with Crippen molar-refractivity contribution in [3.63, 3.8) is 0 Å². The molecule has 1 aliphatic heterocycles. The van der Waals surface area contributed by atoms with Gasteiger partial charge in [-0.2, -0.15) is 0 Å². The number of carbonyl (C=O) groups excluding carboxylic acids is 1. The van der Waals surface area contributed by atoms with Gasteiger partial charge in [0.05, 0.1) is 5.56 Å². The first kappa shape index (κ1) is 19.1. The number of allylic oxidation sites excluding steroid dienone is 2. The SMILES string of the molecule is C=C/C=C(\C=C)C1(c2ccc(F)c(C#CCCF)c2)N=C(N)N(C)C1=O. The highest BCUT2D eigenvalue weighted by Crippen LogP contribution is 2.40. The molecule has 1 heterocycles. The van der Waals surface area contributed by atoms with Gasteiger partial charge in [-0.3, -0.25) is 14.1 Å². The van der Waals surface area contributed by atoms with Crippen LogP contribution in [0.5, 0.6) is 0 Å². The number of nitrogens with zero attached hydrogens (tertiary/aromatic N) is 2. The van der Waals surface area contributed by atoms with Gasteiger partial charge in [-0.05, 0) is 23.3 Å². The molecule has 1 unspecified atom stereocenters. The van der Waals surface area contributed by atoms with Crippen LogP contribution in [0.1, 0.15) is 17.5 Å². The highest BCUT2D eigenvalue weighted by Gasteiger charge is 2.50. The first-order valence-electron chi connectivity index (χ1n) is 7.86. The fourth-order valence-corrected chi connectivity index (χ4v) is 2.70. The Bertz CT molecular complexity index is 877. The van der Waals surface area contributed by atoms with Crippen LogP contribution in [0.4, 0.5) is 8.78 Å². The van der Waals surface area contributed by atoms with E-state index in [0.717, 1.165) is 0 Å². The van der Waals surface area contributed by atoms with Crippen LogP contribution in [0.15, 0.2) is 60.2 Å². The van der Waals surface area contributed by atoms with Gasteiger partial charge in [0.15, 0.2) is 11.5 Å². The summed E-state index contributed by atoms with van der Waals surface area (Å²) in [6.07, 6.45) is 4.57. The average Bonchev–Trinajstić information content (AvgIpc) is 2.86. The van der Waals surface area contributed by atoms with Gasteiger partial charge in [0.25, 0.3) is 5.91 Å². The number of hydrogen-bond donors (Lipinski definition) is 1. The van der Waals surface area contributed by atoms with Crippen molar-refractivity contribution in [2.45, 2.75) is 12.0 Å². The summed E-state index contributed by atoms with van der Waals surface area (Å²) in [6.45, 7) is 6.76. The quantitative estimate of drug-likeness (QED) is 0.652. The molecule has 26 heavy (non-hydrogen) atoms. The third-order valence-corrected chi connectivity index (χ3v) is 4.00. The number of aliphatic imine (C=N–C) groups is 1. The smallest absolute Gasteiger partial charge is 0.266 e. The van der Waals surface area contributed by atoms with Crippen LogP contribution in [0.3, 0.4) is 0 Å². The Morgan fingerprint density at radius 2 is 2.19 bits per heavy atom. The number of rotatable bonds is 5. The Balaban J connectivity index is 2.73. The van der Waals surface area contributed by atoms with E-state index in [1.165, 1.54) is 42.3 Å². The van der Waals surface area contributed by atoms with Crippen LogP contribution in [0, 0.1) is 17.7 Å². The van der Waals surface area contributed by atoms with E-state index in [-0.39, 0.29) is 17.9 Å². The summed E-state index contributed by atoms with van der Waals surface area (Å²) in [6, 6.07) is 4.07. The Morgan fingerprint density at radius 3 is 2.73 bits per heavy atom. The van der Waals surface area contributed by atoms with Gasteiger partial charge >= 0.3 is 0 Å². The van der Waals surface area contributed by atoms with Gasteiger partial charge in [0.2, 0.25) is 0 Å². The molecule has 2 N–H and O–H groups in total. The maximum atomic E-state index is 14.1. The fourth-order valence-electron chi connectivity index (χ4n) is 2.70. The fraction of sp³-hybridized carbons (Fsp3) is 0.200. The maximum Gasteiger partial charge on any atom is 0.266 e. The van der Waals surface area contributed by atoms with Crippen molar-refractivity contribution in [1.29, 1.82) is 0 Å². The zero-order valence-electron chi connectivity index (χ0n) is 14.4. The third kappa shape index (κ3) is 3.16. The van der Waals surface area contributed by atoms with Gasteiger partial charge in [-0.1, -0.05) is 49.3 Å². The lowest BCUT2D eigenvalue weighted by molar-refractivity contribution is -0.129. The molecule has 0 aromatic heterocycles. The number of nitrogens with two attached hydrogens (primary N) is 1. The molecule has 1 aromatic rings. The minimum Gasteiger partial charge on any atom is -0.369 e. The Hall–Kier alpha value is -3.20. The second-order valence-electron chi connectivity index (χ2n) is 5.54. The summed E-state index contributed by atoms with van der Waals surface area (Å²) in [5.41, 5.74) is 5.24. The van der Waals surface area contributed by atoms with E-state index in [4.69, 9.17) is 5.73 Å². The van der Waals surface area contributed by atoms with Crippen LogP contribution < -0.4 is 5.73 Å². The predicted molar refractivity (Wildman–Crippen MR) is 98.4 cm³/mol. The number of amides is 1. The van der Waals surface area contributed by atoms with Crippen LogP contribution >= 0.6 is 0 Å². The van der Waals surface area contributed by atoms with E-state index in [9.17, 15) is 13.6 Å². The molecule has 0 saturated carbocycles. The summed E-state index contributed by atoms with van der Waals surface area (Å²) in [7, 11) is 1.50. The van der Waals surface area contributed by atoms with Crippen molar-refractivity contribution in [3.8, 4) is 11.8 Å². The van der Waals surface area contributed by atoms with E-state index >= 15 is 0 Å². The molecular formula is C20H19F2N3O. The van der Waals surface area contributed by atoms with Crippen LogP contribution in [-0.2, 0) is 10.3 Å². The van der Waals surface area contributed by atoms with Crippen molar-refractivity contribution in [1.82, 2.24) is 4.90 Å². The molecule has 4 nitrogen and oxygen atoms in total. The molecule has 1 aromatic carbocycles. The highest BCUT2D eigenvalue weighted by atomic mass is 19.1. The monoisotopic (exact) mass is 355 g/mol. The van der Waals surface area contributed by atoms with Crippen LogP contribution in [0.2, 0.25) is 0 Å². The molecule has 1 atom stereocenters. The topological polar surface area (TPSA) is 58.7 Å². The summed E-state index contributed by atoms with van der Waals surface area (Å²) in [4.78, 5) is 18.6. The molecule has 0 saturated heterocycles. The predicted octanol–water partition coefficient (Wildman–Crippen LogP) is 2.82. The highest BCUT2D eigenvalue weighted by molar-refractivity contribution is 6.09. The maximum absolute atomic E-state index is 14.1. The van der Waals surface area contributed by atoms with E-state index in [2.05, 4.69) is 30.0 Å². The molecule has 0 bridgehead atoms. The van der Waals surface area contributed by atoms with Gasteiger partial charge in [0, 0.05) is 13.5 Å². The number of alkyl halides is 1. The lowest BCUT2D eigenvalue weighted by atomic mass is 9.81. The van der Waals surface area contributed by atoms with E-state index < -0.39 is 23.9 Å². The van der Waals surface area contributed by atoms with Crippen molar-refractivity contribution < 1.29 is 13.6 Å². The number of carbonyl (C=O) groups is 1. The number of likely N-dealkylation sites (N-methyl/N-ethyl adjacent to an activating group) is 1. The van der Waals surface area contributed by atoms with Crippen molar-refractivity contribution in [2.24, 2.45) is 10.7 Å². The van der Waals surface area contributed by atoms with E-state index in [1.54, 1.807) is 6.08 Å². The molecule has 2 rings (SSSR count). The minimum atomic E-state index is -1.50. The molecule has 6 heteroatoms. The van der Waals surface area contributed by atoms with Crippen LogP contribution in [0.25, 0.3) is 0 Å². The van der Waals surface area contributed by atoms with E-state index in [1.807, 2.05) is 0 Å². The minimum absolute atomic E-state index is 0.00411. The number of hydrogen-bond acceptors (Lipinski definition) is 3. The van der Waals surface area contributed by atoms with Gasteiger partial charge in [0.1, 0.15) is 12.5 Å². The molecule has 0 radical (unpaired) electrons. The molecule has 1 aliphatic rings. The molecule has 0 aliphatic carbocycles. The Kier molecular flexibility index (Phi) is 5.73. The third-order valence-electron chi connectivity index (χ3n) is 4.00. The summed E-state index contributed by atoms with van der Waals surface area (Å²) in [5.74, 6) is 4.19. The van der Waals surface area contributed by atoms with Gasteiger partial charge in [-0.25, -0.2) is 9.38 Å². The van der Waals surface area contributed by atoms with Crippen molar-refractivity contribution in [3.05, 3.63) is 72.1 Å². The second-order valence-corrected chi connectivity index (χ2v) is 5.54. The van der Waals surface area contributed by atoms with Gasteiger partial charge < -0.3 is 5.73 Å². The summed E-state index contributed by atoms with van der Waals surface area (Å²) >= 11 is 0.